The maximum Gasteiger partial charge on any atom is 0.290 e. The Balaban J connectivity index is 1.30. The van der Waals surface area contributed by atoms with Crippen molar-refractivity contribution < 1.29 is 9.32 Å². The molecule has 1 saturated heterocycles. The van der Waals surface area contributed by atoms with E-state index in [1.54, 1.807) is 0 Å². The van der Waals surface area contributed by atoms with Gasteiger partial charge in [0.15, 0.2) is 0 Å². The number of aromatic nitrogens is 1. The van der Waals surface area contributed by atoms with Gasteiger partial charge in [0.25, 0.3) is 5.91 Å². The molecule has 1 unspecified atom stereocenters. The van der Waals surface area contributed by atoms with Gasteiger partial charge in [-0.15, -0.1) is 0 Å². The van der Waals surface area contributed by atoms with Gasteiger partial charge in [0.05, 0.1) is 5.69 Å². The van der Waals surface area contributed by atoms with Crippen LogP contribution in [0.4, 0.5) is 0 Å². The Bertz CT molecular complexity index is 756. The molecule has 5 nitrogen and oxygen atoms in total. The Morgan fingerprint density at radius 1 is 1.15 bits per heavy atom. The summed E-state index contributed by atoms with van der Waals surface area (Å²) in [5.41, 5.74) is 3.37. The summed E-state index contributed by atoms with van der Waals surface area (Å²) >= 11 is 0. The lowest BCUT2D eigenvalue weighted by atomic mass is 9.96. The lowest BCUT2D eigenvalue weighted by molar-refractivity contribution is 0.0900. The van der Waals surface area contributed by atoms with E-state index in [1.807, 2.05) is 0 Å². The first-order valence-corrected chi connectivity index (χ1v) is 10.3. The van der Waals surface area contributed by atoms with Gasteiger partial charge in [-0.2, -0.15) is 0 Å². The molecule has 2 heterocycles. The number of carbonyl (C=O) groups is 1. The van der Waals surface area contributed by atoms with Gasteiger partial charge < -0.3 is 9.84 Å². The van der Waals surface area contributed by atoms with Crippen molar-refractivity contribution in [2.24, 2.45) is 0 Å². The maximum absolute atomic E-state index is 12.5. The Labute approximate surface area is 161 Å². The number of benzene rings is 1. The van der Waals surface area contributed by atoms with Crippen molar-refractivity contribution in [3.63, 3.8) is 0 Å². The van der Waals surface area contributed by atoms with E-state index in [9.17, 15) is 4.79 Å². The molecule has 0 saturated carbocycles. The SMILES string of the molecule is O=C(NCCC1CCCCN1Cc1ccccc1)c1onc2c1CCCC2. The lowest BCUT2D eigenvalue weighted by Gasteiger charge is -2.36. The molecule has 2 aliphatic rings. The normalized spacial score (nSPS) is 20.2. The number of hydrogen-bond acceptors (Lipinski definition) is 4. The van der Waals surface area contributed by atoms with Crippen LogP contribution in [0, 0.1) is 0 Å². The molecule has 0 spiro atoms. The van der Waals surface area contributed by atoms with Gasteiger partial charge >= 0.3 is 0 Å². The molecule has 1 aromatic heterocycles. The number of amides is 1. The molecule has 4 rings (SSSR count). The summed E-state index contributed by atoms with van der Waals surface area (Å²) < 4.78 is 5.35. The molecule has 2 aromatic rings. The molecule has 1 fully saturated rings. The van der Waals surface area contributed by atoms with E-state index in [0.717, 1.165) is 56.5 Å². The van der Waals surface area contributed by atoms with Crippen molar-refractivity contribution in [1.29, 1.82) is 0 Å². The first-order chi connectivity index (χ1) is 13.3. The summed E-state index contributed by atoms with van der Waals surface area (Å²) in [6.07, 6.45) is 8.83. The van der Waals surface area contributed by atoms with E-state index in [2.05, 4.69) is 45.7 Å². The van der Waals surface area contributed by atoms with Crippen LogP contribution in [0.5, 0.6) is 0 Å². The maximum atomic E-state index is 12.5. The number of nitrogens with one attached hydrogen (secondary N) is 1. The van der Waals surface area contributed by atoms with Crippen LogP contribution >= 0.6 is 0 Å². The standard InChI is InChI=1S/C22H29N3O2/c26-22(21-19-11-4-5-12-20(19)24-27-21)23-14-13-18-10-6-7-15-25(18)16-17-8-2-1-3-9-17/h1-3,8-9,18H,4-7,10-16H2,(H,23,26). The number of likely N-dealkylation sites (tertiary alicyclic amines) is 1. The minimum atomic E-state index is -0.101. The predicted molar refractivity (Wildman–Crippen MR) is 105 cm³/mol. The van der Waals surface area contributed by atoms with Crippen LogP contribution in [-0.2, 0) is 19.4 Å². The van der Waals surface area contributed by atoms with E-state index in [1.165, 1.54) is 24.8 Å². The van der Waals surface area contributed by atoms with Gasteiger partial charge in [-0.1, -0.05) is 41.9 Å². The molecule has 0 radical (unpaired) electrons. The van der Waals surface area contributed by atoms with Gasteiger partial charge in [0.1, 0.15) is 0 Å². The molecule has 1 aromatic carbocycles. The van der Waals surface area contributed by atoms with E-state index in [0.29, 0.717) is 18.3 Å². The summed E-state index contributed by atoms with van der Waals surface area (Å²) in [5.74, 6) is 0.338. The smallest absolute Gasteiger partial charge is 0.290 e. The number of rotatable bonds is 6. The van der Waals surface area contributed by atoms with Crippen molar-refractivity contribution in [3.05, 3.63) is 52.9 Å². The number of piperidine rings is 1. The van der Waals surface area contributed by atoms with Crippen LogP contribution in [-0.4, -0.2) is 35.1 Å². The Kier molecular flexibility index (Phi) is 5.87. The second kappa shape index (κ2) is 8.70. The number of nitrogens with zero attached hydrogens (tertiary/aromatic N) is 2. The van der Waals surface area contributed by atoms with E-state index >= 15 is 0 Å². The lowest BCUT2D eigenvalue weighted by Crippen LogP contribution is -2.41. The number of aryl methyl sites for hydroxylation is 1. The molecular formula is C22H29N3O2. The van der Waals surface area contributed by atoms with Crippen molar-refractivity contribution in [2.45, 2.75) is 64.0 Å². The monoisotopic (exact) mass is 367 g/mol. The Hall–Kier alpha value is -2.14. The highest BCUT2D eigenvalue weighted by molar-refractivity contribution is 5.93. The minimum Gasteiger partial charge on any atom is -0.350 e. The Morgan fingerprint density at radius 2 is 2.00 bits per heavy atom. The zero-order chi connectivity index (χ0) is 18.5. The molecule has 1 amide bonds. The molecule has 0 bridgehead atoms. The third kappa shape index (κ3) is 4.41. The molecule has 1 aliphatic heterocycles. The largest absolute Gasteiger partial charge is 0.350 e. The summed E-state index contributed by atoms with van der Waals surface area (Å²) in [6, 6.07) is 11.2. The van der Waals surface area contributed by atoms with Crippen LogP contribution in [0.2, 0.25) is 0 Å². The van der Waals surface area contributed by atoms with Crippen molar-refractivity contribution in [1.82, 2.24) is 15.4 Å². The van der Waals surface area contributed by atoms with Crippen LogP contribution in [0.15, 0.2) is 34.9 Å². The second-order valence-corrected chi connectivity index (χ2v) is 7.79. The molecule has 1 aliphatic carbocycles. The van der Waals surface area contributed by atoms with Gasteiger partial charge in [-0.3, -0.25) is 9.69 Å². The van der Waals surface area contributed by atoms with Crippen LogP contribution in [0.3, 0.4) is 0 Å². The average molecular weight is 367 g/mol. The van der Waals surface area contributed by atoms with E-state index in [4.69, 9.17) is 4.52 Å². The van der Waals surface area contributed by atoms with Crippen LogP contribution in [0.25, 0.3) is 0 Å². The van der Waals surface area contributed by atoms with Gasteiger partial charge in [0.2, 0.25) is 5.76 Å². The van der Waals surface area contributed by atoms with Gasteiger partial charge in [-0.25, -0.2) is 0 Å². The predicted octanol–water partition coefficient (Wildman–Crippen LogP) is 3.73. The number of carbonyl (C=O) groups excluding carboxylic acids is 1. The highest BCUT2D eigenvalue weighted by atomic mass is 16.5. The van der Waals surface area contributed by atoms with Gasteiger partial charge in [-0.05, 0) is 57.1 Å². The first kappa shape index (κ1) is 18.2. The quantitative estimate of drug-likeness (QED) is 0.845. The highest BCUT2D eigenvalue weighted by Crippen LogP contribution is 2.24. The fourth-order valence-corrected chi connectivity index (χ4v) is 4.41. The van der Waals surface area contributed by atoms with Crippen LogP contribution in [0.1, 0.15) is 65.9 Å². The topological polar surface area (TPSA) is 58.4 Å². The molecule has 27 heavy (non-hydrogen) atoms. The highest BCUT2D eigenvalue weighted by Gasteiger charge is 2.25. The van der Waals surface area contributed by atoms with Gasteiger partial charge in [0, 0.05) is 24.7 Å². The molecule has 1 atom stereocenters. The average Bonchev–Trinajstić information content (AvgIpc) is 3.14. The fraction of sp³-hybridized carbons (Fsp3) is 0.545. The number of fused-ring (bicyclic) bond motifs is 1. The second-order valence-electron chi connectivity index (χ2n) is 7.79. The Morgan fingerprint density at radius 3 is 2.89 bits per heavy atom. The zero-order valence-corrected chi connectivity index (χ0v) is 16.0. The zero-order valence-electron chi connectivity index (χ0n) is 16.0. The van der Waals surface area contributed by atoms with Crippen molar-refractivity contribution >= 4 is 5.91 Å². The van der Waals surface area contributed by atoms with Crippen LogP contribution < -0.4 is 5.32 Å². The molecule has 5 heteroatoms. The van der Waals surface area contributed by atoms with E-state index in [-0.39, 0.29) is 5.91 Å². The third-order valence-corrected chi connectivity index (χ3v) is 5.91. The van der Waals surface area contributed by atoms with E-state index < -0.39 is 0 Å². The van der Waals surface area contributed by atoms with Crippen molar-refractivity contribution in [3.8, 4) is 0 Å². The third-order valence-electron chi connectivity index (χ3n) is 5.91. The summed E-state index contributed by atoms with van der Waals surface area (Å²) in [4.78, 5) is 15.1. The molecule has 144 valence electrons. The summed E-state index contributed by atoms with van der Waals surface area (Å²) in [6.45, 7) is 2.82. The fourth-order valence-electron chi connectivity index (χ4n) is 4.41. The number of hydrogen-bond donors (Lipinski definition) is 1. The first-order valence-electron chi connectivity index (χ1n) is 10.3. The molecular weight excluding hydrogens is 338 g/mol. The molecule has 1 N–H and O–H groups in total. The van der Waals surface area contributed by atoms with Crippen molar-refractivity contribution in [2.75, 3.05) is 13.1 Å². The minimum absolute atomic E-state index is 0.101. The summed E-state index contributed by atoms with van der Waals surface area (Å²) in [5, 5.41) is 7.16. The summed E-state index contributed by atoms with van der Waals surface area (Å²) in [7, 11) is 0.